The van der Waals surface area contributed by atoms with Crippen molar-refractivity contribution in [2.24, 2.45) is 0 Å². The highest BCUT2D eigenvalue weighted by Gasteiger charge is 2.24. The Hall–Kier alpha value is -1.69. The minimum atomic E-state index is -0.897. The van der Waals surface area contributed by atoms with Gasteiger partial charge in [0.15, 0.2) is 0 Å². The van der Waals surface area contributed by atoms with Crippen LogP contribution in [0.2, 0.25) is 0 Å². The molecule has 0 spiro atoms. The van der Waals surface area contributed by atoms with E-state index < -0.39 is 5.97 Å². The van der Waals surface area contributed by atoms with Gasteiger partial charge in [0, 0.05) is 17.9 Å². The Morgan fingerprint density at radius 3 is 2.71 bits per heavy atom. The second-order valence-corrected chi connectivity index (χ2v) is 5.28. The monoisotopic (exact) mass is 294 g/mol. The van der Waals surface area contributed by atoms with Crippen molar-refractivity contribution in [3.63, 3.8) is 0 Å². The van der Waals surface area contributed by atoms with E-state index in [2.05, 4.69) is 4.98 Å². The summed E-state index contributed by atoms with van der Waals surface area (Å²) in [5.74, 6) is -0.897. The van der Waals surface area contributed by atoms with Crippen molar-refractivity contribution in [3.05, 3.63) is 27.4 Å². The molecule has 2 rings (SSSR count). The molecule has 1 fully saturated rings. The topological polar surface area (TPSA) is 81.4 Å². The Balaban J connectivity index is 2.57. The number of carboxylic acid groups (broad SMARTS) is 1. The second-order valence-electron chi connectivity index (χ2n) is 5.28. The van der Waals surface area contributed by atoms with Crippen LogP contribution >= 0.6 is 0 Å². The van der Waals surface area contributed by atoms with Gasteiger partial charge in [0.25, 0.3) is 0 Å². The summed E-state index contributed by atoms with van der Waals surface area (Å²) in [5.41, 5.74) is 1.81. The standard InChI is InChI=1S/C15H22N2O4/c1-3-12-11(8-14(18)19)13(4-2)17(15(20)16-12)10-6-5-7-21-9-10/h10H,3-9H2,1-2H3,(H,18,19). The predicted molar refractivity (Wildman–Crippen MR) is 77.7 cm³/mol. The summed E-state index contributed by atoms with van der Waals surface area (Å²) in [6, 6.07) is -0.0350. The van der Waals surface area contributed by atoms with Crippen LogP contribution in [0, 0.1) is 0 Å². The first-order chi connectivity index (χ1) is 10.1. The molecule has 0 aromatic carbocycles. The van der Waals surface area contributed by atoms with E-state index >= 15 is 0 Å². The SMILES string of the molecule is CCc1nc(=O)n(C2CCCOC2)c(CC)c1CC(=O)O. The summed E-state index contributed by atoms with van der Waals surface area (Å²) in [6.07, 6.45) is 2.86. The number of carboxylic acids is 1. The summed E-state index contributed by atoms with van der Waals surface area (Å²) in [7, 11) is 0. The third-order valence-corrected chi connectivity index (χ3v) is 3.92. The highest BCUT2D eigenvalue weighted by Crippen LogP contribution is 2.23. The predicted octanol–water partition coefficient (Wildman–Crippen LogP) is 1.35. The number of hydrogen-bond donors (Lipinski definition) is 1. The molecule has 0 aliphatic carbocycles. The normalized spacial score (nSPS) is 18.7. The van der Waals surface area contributed by atoms with E-state index in [1.165, 1.54) is 0 Å². The lowest BCUT2D eigenvalue weighted by Gasteiger charge is -2.28. The molecule has 21 heavy (non-hydrogen) atoms. The molecule has 0 radical (unpaired) electrons. The van der Waals surface area contributed by atoms with Crippen molar-refractivity contribution in [1.29, 1.82) is 0 Å². The second kappa shape index (κ2) is 6.85. The molecule has 116 valence electrons. The first-order valence-electron chi connectivity index (χ1n) is 7.51. The van der Waals surface area contributed by atoms with Crippen molar-refractivity contribution in [3.8, 4) is 0 Å². The first kappa shape index (κ1) is 15.7. The van der Waals surface area contributed by atoms with Gasteiger partial charge in [0.05, 0.1) is 24.8 Å². The van der Waals surface area contributed by atoms with Crippen LogP contribution in [0.5, 0.6) is 0 Å². The zero-order chi connectivity index (χ0) is 15.4. The van der Waals surface area contributed by atoms with Crippen LogP contribution in [0.15, 0.2) is 4.79 Å². The number of aromatic nitrogens is 2. The molecule has 2 heterocycles. The number of ether oxygens (including phenoxy) is 1. The Labute approximate surface area is 123 Å². The molecule has 0 bridgehead atoms. The van der Waals surface area contributed by atoms with E-state index in [0.29, 0.717) is 30.7 Å². The fraction of sp³-hybridized carbons (Fsp3) is 0.667. The quantitative estimate of drug-likeness (QED) is 0.886. The Morgan fingerprint density at radius 2 is 2.19 bits per heavy atom. The molecule has 0 saturated carbocycles. The van der Waals surface area contributed by atoms with Gasteiger partial charge in [0.1, 0.15) is 0 Å². The molecular weight excluding hydrogens is 272 g/mol. The van der Waals surface area contributed by atoms with Crippen LogP contribution in [-0.4, -0.2) is 33.8 Å². The van der Waals surface area contributed by atoms with E-state index in [4.69, 9.17) is 9.84 Å². The van der Waals surface area contributed by atoms with Crippen molar-refractivity contribution < 1.29 is 14.6 Å². The minimum absolute atomic E-state index is 0.0350. The van der Waals surface area contributed by atoms with E-state index in [9.17, 15) is 9.59 Å². The molecule has 6 heteroatoms. The Bertz CT molecular complexity index is 574. The van der Waals surface area contributed by atoms with Crippen molar-refractivity contribution >= 4 is 5.97 Å². The molecule has 6 nitrogen and oxygen atoms in total. The lowest BCUT2D eigenvalue weighted by molar-refractivity contribution is -0.136. The summed E-state index contributed by atoms with van der Waals surface area (Å²) < 4.78 is 7.13. The van der Waals surface area contributed by atoms with E-state index in [0.717, 1.165) is 25.1 Å². The zero-order valence-electron chi connectivity index (χ0n) is 12.6. The van der Waals surface area contributed by atoms with E-state index in [1.807, 2.05) is 13.8 Å². The lowest BCUT2D eigenvalue weighted by atomic mass is 10.0. The molecule has 1 aromatic rings. The summed E-state index contributed by atoms with van der Waals surface area (Å²) in [6.45, 7) is 5.04. The minimum Gasteiger partial charge on any atom is -0.481 e. The van der Waals surface area contributed by atoms with Crippen molar-refractivity contribution in [2.75, 3.05) is 13.2 Å². The van der Waals surface area contributed by atoms with Gasteiger partial charge in [-0.1, -0.05) is 13.8 Å². The number of aliphatic carboxylic acids is 1. The summed E-state index contributed by atoms with van der Waals surface area (Å²) in [4.78, 5) is 27.6. The molecular formula is C15H22N2O4. The molecule has 1 atom stereocenters. The third-order valence-electron chi connectivity index (χ3n) is 3.92. The van der Waals surface area contributed by atoms with Gasteiger partial charge in [-0.25, -0.2) is 4.79 Å². The molecule has 1 aliphatic rings. The van der Waals surface area contributed by atoms with Gasteiger partial charge in [-0.05, 0) is 25.7 Å². The van der Waals surface area contributed by atoms with E-state index in [-0.39, 0.29) is 18.2 Å². The van der Waals surface area contributed by atoms with Crippen molar-refractivity contribution in [2.45, 2.75) is 52.0 Å². The summed E-state index contributed by atoms with van der Waals surface area (Å²) >= 11 is 0. The molecule has 1 aliphatic heterocycles. The zero-order valence-corrected chi connectivity index (χ0v) is 12.6. The van der Waals surface area contributed by atoms with Crippen LogP contribution in [0.4, 0.5) is 0 Å². The van der Waals surface area contributed by atoms with Crippen LogP contribution in [-0.2, 0) is 28.8 Å². The Kier molecular flexibility index (Phi) is 5.12. The average Bonchev–Trinajstić information content (AvgIpc) is 2.48. The lowest BCUT2D eigenvalue weighted by Crippen LogP contribution is -2.36. The number of hydrogen-bond acceptors (Lipinski definition) is 4. The number of carbonyl (C=O) groups is 1. The highest BCUT2D eigenvalue weighted by molar-refractivity contribution is 5.71. The smallest absolute Gasteiger partial charge is 0.348 e. The number of rotatable bonds is 5. The maximum atomic E-state index is 12.4. The maximum absolute atomic E-state index is 12.4. The van der Waals surface area contributed by atoms with Crippen LogP contribution in [0.3, 0.4) is 0 Å². The third kappa shape index (κ3) is 3.32. The van der Waals surface area contributed by atoms with Gasteiger partial charge in [-0.15, -0.1) is 0 Å². The number of nitrogens with zero attached hydrogens (tertiary/aromatic N) is 2. The molecule has 1 saturated heterocycles. The van der Waals surface area contributed by atoms with Gasteiger partial charge in [-0.3, -0.25) is 9.36 Å². The maximum Gasteiger partial charge on any atom is 0.348 e. The van der Waals surface area contributed by atoms with Crippen molar-refractivity contribution in [1.82, 2.24) is 9.55 Å². The Morgan fingerprint density at radius 1 is 1.43 bits per heavy atom. The van der Waals surface area contributed by atoms with Gasteiger partial charge >= 0.3 is 11.7 Å². The van der Waals surface area contributed by atoms with Crippen LogP contribution < -0.4 is 5.69 Å². The highest BCUT2D eigenvalue weighted by atomic mass is 16.5. The molecule has 0 amide bonds. The molecule has 1 unspecified atom stereocenters. The van der Waals surface area contributed by atoms with E-state index in [1.54, 1.807) is 4.57 Å². The van der Waals surface area contributed by atoms with Gasteiger partial charge in [-0.2, -0.15) is 4.98 Å². The first-order valence-corrected chi connectivity index (χ1v) is 7.51. The largest absolute Gasteiger partial charge is 0.481 e. The van der Waals surface area contributed by atoms with Gasteiger partial charge in [0.2, 0.25) is 0 Å². The summed E-state index contributed by atoms with van der Waals surface area (Å²) in [5, 5.41) is 9.14. The van der Waals surface area contributed by atoms with Crippen LogP contribution in [0.1, 0.15) is 49.7 Å². The average molecular weight is 294 g/mol. The number of aryl methyl sites for hydroxylation is 1. The van der Waals surface area contributed by atoms with Gasteiger partial charge < -0.3 is 9.84 Å². The molecule has 1 aromatic heterocycles. The van der Waals surface area contributed by atoms with Crippen LogP contribution in [0.25, 0.3) is 0 Å². The molecule has 1 N–H and O–H groups in total. The fourth-order valence-corrected chi connectivity index (χ4v) is 3.00. The fourth-order valence-electron chi connectivity index (χ4n) is 3.00.